The molecule has 4 rings (SSSR count). The van der Waals surface area contributed by atoms with Crippen molar-refractivity contribution in [1.82, 2.24) is 26.1 Å². The van der Waals surface area contributed by atoms with Gasteiger partial charge in [-0.2, -0.15) is 0 Å². The Morgan fingerprint density at radius 3 is 2.39 bits per heavy atom. The number of cyclic esters (lactones) is 1. The third kappa shape index (κ3) is 19.7. The summed E-state index contributed by atoms with van der Waals surface area (Å²) in [6.45, 7) is 18.6. The van der Waals surface area contributed by atoms with Gasteiger partial charge in [-0.15, -0.1) is 0 Å². The van der Waals surface area contributed by atoms with Gasteiger partial charge in [-0.05, 0) is 101 Å². The Balaban J connectivity index is 1.56. The Morgan fingerprint density at radius 2 is 1.73 bits per heavy atom. The van der Waals surface area contributed by atoms with E-state index in [1.807, 2.05) is 39.0 Å². The van der Waals surface area contributed by atoms with Crippen LogP contribution in [-0.4, -0.2) is 122 Å². The minimum absolute atomic E-state index is 0.0378. The Kier molecular flexibility index (Phi) is 25.9. The van der Waals surface area contributed by atoms with Crippen LogP contribution in [0.5, 0.6) is 0 Å². The van der Waals surface area contributed by atoms with Crippen molar-refractivity contribution in [2.75, 3.05) is 6.54 Å². The fourth-order valence-corrected chi connectivity index (χ4v) is 10.4. The predicted molar refractivity (Wildman–Crippen MR) is 295 cm³/mol. The number of aliphatic hydroxyl groups is 3. The van der Waals surface area contributed by atoms with Crippen molar-refractivity contribution < 1.29 is 53.6 Å². The number of amides is 4. The lowest BCUT2D eigenvalue weighted by Crippen LogP contribution is -2.62. The minimum Gasteiger partial charge on any atom is -0.456 e. The summed E-state index contributed by atoms with van der Waals surface area (Å²) in [5.41, 5.74) is 10.5. The first kappa shape index (κ1) is 64.0. The largest absolute Gasteiger partial charge is 0.456 e. The maximum Gasteiger partial charge on any atom is 0.325 e. The van der Waals surface area contributed by atoms with Crippen LogP contribution in [0.15, 0.2) is 82.7 Å². The monoisotopic (exact) mass is 1070 g/mol. The van der Waals surface area contributed by atoms with Gasteiger partial charge in [0.15, 0.2) is 0 Å². The van der Waals surface area contributed by atoms with Crippen molar-refractivity contribution in [2.24, 2.45) is 47.2 Å². The van der Waals surface area contributed by atoms with Crippen LogP contribution in [0.2, 0.25) is 0 Å². The molecule has 18 nitrogen and oxygen atoms in total. The van der Waals surface area contributed by atoms with E-state index in [1.165, 1.54) is 30.1 Å². The number of aliphatic hydroxyl groups excluding tert-OH is 3. The molecule has 0 radical (unpaired) electrons. The Morgan fingerprint density at radius 1 is 1.00 bits per heavy atom. The van der Waals surface area contributed by atoms with Gasteiger partial charge in [0.2, 0.25) is 23.3 Å². The van der Waals surface area contributed by atoms with Crippen LogP contribution in [0.1, 0.15) is 139 Å². The van der Waals surface area contributed by atoms with Crippen LogP contribution < -0.4 is 27.4 Å². The van der Waals surface area contributed by atoms with Crippen LogP contribution in [0.25, 0.3) is 0 Å². The molecule has 18 heteroatoms. The number of ether oxygens (including phenoxy) is 2. The number of esters is 1. The van der Waals surface area contributed by atoms with Crippen molar-refractivity contribution in [3.63, 3.8) is 0 Å². The van der Waals surface area contributed by atoms with Gasteiger partial charge in [0.25, 0.3) is 5.91 Å². The predicted octanol–water partition coefficient (Wildman–Crippen LogP) is 5.37. The van der Waals surface area contributed by atoms with Crippen LogP contribution in [0.4, 0.5) is 0 Å². The van der Waals surface area contributed by atoms with Crippen LogP contribution in [0, 0.1) is 41.4 Å². The number of fused-ring (bicyclic) bond motifs is 2. The highest BCUT2D eigenvalue weighted by Crippen LogP contribution is 2.34. The van der Waals surface area contributed by atoms with Gasteiger partial charge in [-0.1, -0.05) is 103 Å². The molecule has 3 aliphatic rings. The minimum atomic E-state index is -1.44. The van der Waals surface area contributed by atoms with Crippen LogP contribution in [0.3, 0.4) is 0 Å². The summed E-state index contributed by atoms with van der Waals surface area (Å²) in [6.07, 6.45) is 14.0. The van der Waals surface area contributed by atoms with Crippen molar-refractivity contribution in [2.45, 2.75) is 195 Å². The van der Waals surface area contributed by atoms with E-state index in [0.29, 0.717) is 50.6 Å². The third-order valence-electron chi connectivity index (χ3n) is 15.5. The normalized spacial score (nSPS) is 30.2. The number of carbonyl (C=O) groups is 6. The highest BCUT2D eigenvalue weighted by Gasteiger charge is 2.39. The molecule has 4 amide bonds. The quantitative estimate of drug-likeness (QED) is 0.0493. The molecule has 77 heavy (non-hydrogen) atoms. The molecule has 4 heterocycles. The third-order valence-corrected chi connectivity index (χ3v) is 15.5. The first-order valence-corrected chi connectivity index (χ1v) is 27.8. The second-order valence-corrected chi connectivity index (χ2v) is 22.3. The fourth-order valence-electron chi connectivity index (χ4n) is 10.4. The molecule has 15 atom stereocenters. The van der Waals surface area contributed by atoms with Crippen LogP contribution >= 0.6 is 0 Å². The molecule has 1 aromatic heterocycles. The second kappa shape index (κ2) is 31.2. The number of pyridine rings is 1. The molecule has 9 N–H and O–H groups in total. The lowest BCUT2D eigenvalue weighted by atomic mass is 9.82. The zero-order valence-corrected chi connectivity index (χ0v) is 47.1. The number of H-pyrrole nitrogens is 1. The average molecular weight is 1080 g/mol. The van der Waals surface area contributed by atoms with E-state index in [2.05, 4.69) is 47.9 Å². The van der Waals surface area contributed by atoms with Crippen molar-refractivity contribution in [3.05, 3.63) is 94.0 Å². The maximum atomic E-state index is 14.5. The lowest BCUT2D eigenvalue weighted by molar-refractivity contribution is -0.156. The van der Waals surface area contributed by atoms with E-state index in [4.69, 9.17) is 15.2 Å². The highest BCUT2D eigenvalue weighted by molar-refractivity contribution is 5.93. The number of Topliss-reactive ketones (excluding diaryl/α,β-unsaturated/α-hetero) is 1. The highest BCUT2D eigenvalue weighted by atomic mass is 16.5. The maximum absolute atomic E-state index is 14.5. The van der Waals surface area contributed by atoms with E-state index in [-0.39, 0.29) is 79.8 Å². The summed E-state index contributed by atoms with van der Waals surface area (Å²) in [5, 5.41) is 41.0. The van der Waals surface area contributed by atoms with Gasteiger partial charge < -0.3 is 50.9 Å². The molecule has 1 saturated heterocycles. The fraction of sp³-hybridized carbons (Fsp3) is 0.644. The molecule has 0 saturated carbocycles. The molecule has 2 bridgehead atoms. The Bertz CT molecular complexity index is 2360. The molecule has 0 aromatic carbocycles. The van der Waals surface area contributed by atoms with Gasteiger partial charge in [0.05, 0.1) is 36.4 Å². The average Bonchev–Trinajstić information content (AvgIpc) is 3.38. The van der Waals surface area contributed by atoms with E-state index >= 15 is 0 Å². The van der Waals surface area contributed by atoms with Gasteiger partial charge in [0.1, 0.15) is 30.0 Å². The number of primary amides is 1. The second-order valence-electron chi connectivity index (χ2n) is 22.3. The number of nitrogens with zero attached hydrogens (tertiary/aromatic N) is 1. The molecule has 428 valence electrons. The summed E-state index contributed by atoms with van der Waals surface area (Å²) in [4.78, 5) is 96.0. The van der Waals surface area contributed by atoms with E-state index in [0.717, 1.165) is 11.1 Å². The zero-order chi connectivity index (χ0) is 57.1. The summed E-state index contributed by atoms with van der Waals surface area (Å²) in [5.74, 6) is -5.82. The van der Waals surface area contributed by atoms with Gasteiger partial charge >= 0.3 is 5.97 Å². The number of aromatic amines is 1. The number of hydrogen-bond acceptors (Lipinski definition) is 13. The topological polar surface area (TPSA) is 280 Å². The number of hydrazine groups is 1. The summed E-state index contributed by atoms with van der Waals surface area (Å²) in [7, 11) is 0. The summed E-state index contributed by atoms with van der Waals surface area (Å²) >= 11 is 0. The number of carbonyl (C=O) groups excluding carboxylic acids is 6. The number of aromatic nitrogens is 1. The molecular formula is C59H90N6O12. The van der Waals surface area contributed by atoms with E-state index in [1.54, 1.807) is 45.1 Å². The molecule has 0 aliphatic carbocycles. The standard InChI is InChI=1S/C59H90N6O12/c1-11-42(55(60)71)31-39(8)54-38(7)30-37(6)50(76-54)33-48(68)35(4)20-14-12-15-21-36(5)49-25-17-13-16-24-47(67)41(10)53(70)44(28-27-40(9)66)56(72)63-52(34(2)3)57(73)62-46(32-43-22-18-26-51(69)61-43)58(74)65-29-19-23-45(64-65)59(75)77-49/h12-13,15-18,21-22,24,26,30,34-35,37,39,41-42,44-50,52-54,64,67-68,70H,11,14,19-20,23,25,27-29,31-33H2,1-10H3,(H2,60,71)(H,61,69)(H,62,73)(H,63,72)/b15-12+,17-13+,24-16+,36-21+/t35-,37+,39-,41-,42-,44+,45?,46-,47-,48-,49-,50-,52-,53+,54-/m0/s1. The summed E-state index contributed by atoms with van der Waals surface area (Å²) in [6, 6.07) is 1.01. The number of ketones is 1. The number of allylic oxidation sites excluding steroid dienone is 5. The molecule has 1 aromatic rings. The molecule has 1 fully saturated rings. The number of rotatable bonds is 19. The zero-order valence-electron chi connectivity index (χ0n) is 47.1. The van der Waals surface area contributed by atoms with Gasteiger partial charge in [0, 0.05) is 61.7 Å². The molecular weight excluding hydrogens is 985 g/mol. The Hall–Kier alpha value is -5.53. The van der Waals surface area contributed by atoms with Gasteiger partial charge in [-0.25, -0.2) is 5.43 Å². The number of hydrogen-bond donors (Lipinski definition) is 8. The molecule has 0 spiro atoms. The first-order chi connectivity index (χ1) is 36.4. The molecule has 3 aliphatic heterocycles. The summed E-state index contributed by atoms with van der Waals surface area (Å²) < 4.78 is 12.8. The van der Waals surface area contributed by atoms with E-state index in [9.17, 15) is 48.9 Å². The number of nitrogens with one attached hydrogen (secondary N) is 4. The van der Waals surface area contributed by atoms with Crippen LogP contribution in [-0.2, 0) is 44.7 Å². The SMILES string of the molecule is CC[C@@H](C[C@H](C)[C@H]1O[C@@H](C[C@H](O)[C@@H](C)CC/C=C/C=C(\C)[C@@H]2C/C=C/C=C/[C@H](O)[C@H](C)[C@@H](O)[C@@H](CCC(C)=O)C(=O)N[C@@H](C(C)C)C(=O)N[C@@H](Cc3cccc(=O)[nH]3)C(=O)N3CCCC(N3)C(=O)O2)[C@H](C)C=C1C)C(N)=O. The van der Waals surface area contributed by atoms with Crippen molar-refractivity contribution in [1.29, 1.82) is 0 Å². The van der Waals surface area contributed by atoms with Gasteiger partial charge in [-0.3, -0.25) is 33.8 Å². The first-order valence-electron chi connectivity index (χ1n) is 27.8. The Labute approximate surface area is 455 Å². The van der Waals surface area contributed by atoms with E-state index < -0.39 is 89.5 Å². The molecule has 1 unspecified atom stereocenters. The van der Waals surface area contributed by atoms with Crippen molar-refractivity contribution >= 4 is 35.4 Å². The lowest BCUT2D eigenvalue weighted by Gasteiger charge is -2.38. The number of nitrogens with two attached hydrogens (primary N) is 1. The smallest absolute Gasteiger partial charge is 0.325 e. The van der Waals surface area contributed by atoms with Crippen molar-refractivity contribution in [3.8, 4) is 0 Å².